The highest BCUT2D eigenvalue weighted by Crippen LogP contribution is 2.56. The molecule has 192 valence electrons. The lowest BCUT2D eigenvalue weighted by atomic mass is 9.59. The second kappa shape index (κ2) is 8.82. The molecule has 4 atom stereocenters. The Bertz CT molecular complexity index is 1330. The lowest BCUT2D eigenvalue weighted by molar-refractivity contribution is -0.143. The summed E-state index contributed by atoms with van der Waals surface area (Å²) >= 11 is 0. The van der Waals surface area contributed by atoms with Gasteiger partial charge in [0.2, 0.25) is 11.8 Å². The van der Waals surface area contributed by atoms with Crippen molar-refractivity contribution in [2.75, 3.05) is 7.11 Å². The molecule has 1 saturated carbocycles. The fourth-order valence-corrected chi connectivity index (χ4v) is 7.33. The summed E-state index contributed by atoms with van der Waals surface area (Å²) in [5.41, 5.74) is 2.43. The molecule has 5 aliphatic rings. The number of aromatic hydroxyl groups is 1. The Kier molecular flexibility index (Phi) is 5.70. The molecule has 1 saturated heterocycles. The Morgan fingerprint density at radius 2 is 1.76 bits per heavy atom. The summed E-state index contributed by atoms with van der Waals surface area (Å²) in [6.07, 6.45) is 8.84. The third-order valence-electron chi connectivity index (χ3n) is 9.08. The van der Waals surface area contributed by atoms with Crippen LogP contribution in [-0.4, -0.2) is 46.5 Å². The van der Waals surface area contributed by atoms with Crippen LogP contribution in [0.2, 0.25) is 0 Å². The van der Waals surface area contributed by atoms with Gasteiger partial charge in [0.15, 0.2) is 11.6 Å². The van der Waals surface area contributed by atoms with E-state index in [2.05, 4.69) is 0 Å². The van der Waals surface area contributed by atoms with E-state index in [9.17, 15) is 24.3 Å². The molecule has 7 heteroatoms. The summed E-state index contributed by atoms with van der Waals surface area (Å²) in [4.78, 5) is 55.7. The fraction of sp³-hybridized carbons (Fsp3) is 0.467. The first-order valence-electron chi connectivity index (χ1n) is 13.3. The molecule has 1 N–H and O–H groups in total. The van der Waals surface area contributed by atoms with Gasteiger partial charge in [-0.05, 0) is 62.8 Å². The van der Waals surface area contributed by atoms with E-state index < -0.39 is 17.8 Å². The number of phenolic OH excluding ortho intramolecular Hbond substituents is 1. The Morgan fingerprint density at radius 3 is 2.49 bits per heavy atom. The van der Waals surface area contributed by atoms with E-state index in [0.717, 1.165) is 37.7 Å². The number of nitrogens with zero attached hydrogens (tertiary/aromatic N) is 1. The Morgan fingerprint density at radius 1 is 1.00 bits per heavy atom. The molecule has 2 fully saturated rings. The zero-order chi connectivity index (χ0) is 26.0. The first-order chi connectivity index (χ1) is 17.8. The summed E-state index contributed by atoms with van der Waals surface area (Å²) < 4.78 is 5.41. The van der Waals surface area contributed by atoms with Gasteiger partial charge in [0.1, 0.15) is 11.5 Å². The molecule has 0 bridgehead atoms. The zero-order valence-electron chi connectivity index (χ0n) is 21.2. The first kappa shape index (κ1) is 23.9. The van der Waals surface area contributed by atoms with Crippen molar-refractivity contribution in [1.29, 1.82) is 0 Å². The molecule has 1 aromatic carbocycles. The van der Waals surface area contributed by atoms with Crippen LogP contribution in [0.1, 0.15) is 63.4 Å². The van der Waals surface area contributed by atoms with Crippen LogP contribution in [0.25, 0.3) is 0 Å². The van der Waals surface area contributed by atoms with Crippen LogP contribution in [-0.2, 0) is 19.2 Å². The SMILES string of the molecule is COc1ccc(O)c(C2C3=CCC4C(=O)N(C5CCCCC5)C(=O)C4C3CC3=C2C(=O)C(C)=CC3=O)c1. The Labute approximate surface area is 215 Å². The molecule has 4 unspecified atom stereocenters. The number of Topliss-reactive ketones (excluding diaryl/α,β-unsaturated/α-hetero) is 1. The molecule has 4 aliphatic carbocycles. The van der Waals surface area contributed by atoms with Gasteiger partial charge in [-0.1, -0.05) is 30.9 Å². The van der Waals surface area contributed by atoms with Crippen LogP contribution in [0, 0.1) is 17.8 Å². The average Bonchev–Trinajstić information content (AvgIpc) is 3.16. The summed E-state index contributed by atoms with van der Waals surface area (Å²) in [7, 11) is 1.53. The summed E-state index contributed by atoms with van der Waals surface area (Å²) in [5.74, 6) is -2.27. The maximum atomic E-state index is 13.9. The number of fused-ring (bicyclic) bond motifs is 3. The number of hydrogen-bond donors (Lipinski definition) is 1. The molecular formula is C30H31NO6. The number of allylic oxidation sites excluding steroid dienone is 6. The van der Waals surface area contributed by atoms with Crippen LogP contribution < -0.4 is 4.74 Å². The number of benzene rings is 1. The lowest BCUT2D eigenvalue weighted by Crippen LogP contribution is -2.43. The monoisotopic (exact) mass is 501 g/mol. The Hall–Kier alpha value is -3.48. The standard InChI is InChI=1S/C30H31NO6/c1-15-12-24(33)22-14-20-18(25(27(22)28(15)34)21-13-17(37-2)8-11-23(21)32)9-10-19-26(20)30(36)31(29(19)35)16-6-4-3-5-7-16/h8-9,11-13,16,19-20,25-26,32H,3-7,10,14H2,1-2H3. The van der Waals surface area contributed by atoms with Gasteiger partial charge in [-0.15, -0.1) is 0 Å². The number of methoxy groups -OCH3 is 1. The summed E-state index contributed by atoms with van der Waals surface area (Å²) in [5, 5.41) is 10.9. The van der Waals surface area contributed by atoms with Crippen LogP contribution in [0.15, 0.2) is 52.6 Å². The number of ketones is 2. The third kappa shape index (κ3) is 3.54. The van der Waals surface area contributed by atoms with Crippen molar-refractivity contribution >= 4 is 23.4 Å². The minimum absolute atomic E-state index is 0.00793. The van der Waals surface area contributed by atoms with Crippen molar-refractivity contribution in [2.45, 2.75) is 63.8 Å². The first-order valence-corrected chi connectivity index (χ1v) is 13.3. The van der Waals surface area contributed by atoms with E-state index >= 15 is 0 Å². The van der Waals surface area contributed by atoms with Crippen molar-refractivity contribution in [2.24, 2.45) is 17.8 Å². The second-order valence-corrected chi connectivity index (χ2v) is 11.0. The minimum atomic E-state index is -0.684. The number of carbonyl (C=O) groups excluding carboxylic acids is 4. The fourth-order valence-electron chi connectivity index (χ4n) is 7.33. The zero-order valence-corrected chi connectivity index (χ0v) is 21.2. The molecule has 7 nitrogen and oxygen atoms in total. The van der Waals surface area contributed by atoms with Gasteiger partial charge in [0, 0.05) is 34.2 Å². The highest BCUT2D eigenvalue weighted by molar-refractivity contribution is 6.24. The maximum absolute atomic E-state index is 13.9. The molecule has 6 rings (SSSR count). The number of ether oxygens (including phenoxy) is 1. The Balaban J connectivity index is 1.48. The van der Waals surface area contributed by atoms with E-state index in [-0.39, 0.29) is 47.5 Å². The number of likely N-dealkylation sites (tertiary alicyclic amines) is 1. The molecule has 0 radical (unpaired) electrons. The predicted octanol–water partition coefficient (Wildman–Crippen LogP) is 4.16. The molecule has 1 aromatic rings. The minimum Gasteiger partial charge on any atom is -0.508 e. The lowest BCUT2D eigenvalue weighted by Gasteiger charge is -2.42. The molecule has 1 aliphatic heterocycles. The van der Waals surface area contributed by atoms with Crippen LogP contribution >= 0.6 is 0 Å². The van der Waals surface area contributed by atoms with Gasteiger partial charge in [0.05, 0.1) is 18.9 Å². The van der Waals surface area contributed by atoms with Gasteiger partial charge in [-0.25, -0.2) is 0 Å². The molecule has 0 spiro atoms. The smallest absolute Gasteiger partial charge is 0.233 e. The molecular weight excluding hydrogens is 470 g/mol. The van der Waals surface area contributed by atoms with E-state index in [1.54, 1.807) is 19.1 Å². The summed E-state index contributed by atoms with van der Waals surface area (Å²) in [6.45, 7) is 1.63. The number of phenols is 1. The number of rotatable bonds is 3. The van der Waals surface area contributed by atoms with Crippen molar-refractivity contribution in [1.82, 2.24) is 4.90 Å². The van der Waals surface area contributed by atoms with Crippen molar-refractivity contribution in [3.05, 3.63) is 58.2 Å². The molecule has 37 heavy (non-hydrogen) atoms. The van der Waals surface area contributed by atoms with Crippen LogP contribution in [0.3, 0.4) is 0 Å². The normalized spacial score (nSPS) is 30.1. The van der Waals surface area contributed by atoms with Crippen LogP contribution in [0.5, 0.6) is 11.5 Å². The molecule has 1 heterocycles. The van der Waals surface area contributed by atoms with E-state index in [1.807, 2.05) is 6.08 Å². The maximum Gasteiger partial charge on any atom is 0.233 e. The van der Waals surface area contributed by atoms with Crippen molar-refractivity contribution in [3.8, 4) is 11.5 Å². The largest absolute Gasteiger partial charge is 0.508 e. The van der Waals surface area contributed by atoms with E-state index in [1.165, 1.54) is 24.2 Å². The van der Waals surface area contributed by atoms with Crippen molar-refractivity contribution in [3.63, 3.8) is 0 Å². The summed E-state index contributed by atoms with van der Waals surface area (Å²) in [6, 6.07) is 4.81. The van der Waals surface area contributed by atoms with Crippen LogP contribution in [0.4, 0.5) is 0 Å². The molecule has 2 amide bonds. The third-order valence-corrected chi connectivity index (χ3v) is 9.08. The van der Waals surface area contributed by atoms with Crippen molar-refractivity contribution < 1.29 is 29.0 Å². The van der Waals surface area contributed by atoms with E-state index in [4.69, 9.17) is 4.74 Å². The highest BCUT2D eigenvalue weighted by atomic mass is 16.5. The highest BCUT2D eigenvalue weighted by Gasteiger charge is 2.57. The topological polar surface area (TPSA) is 101 Å². The predicted molar refractivity (Wildman–Crippen MR) is 135 cm³/mol. The number of imide groups is 1. The average molecular weight is 502 g/mol. The van der Waals surface area contributed by atoms with Gasteiger partial charge in [0.25, 0.3) is 0 Å². The second-order valence-electron chi connectivity index (χ2n) is 11.0. The van der Waals surface area contributed by atoms with Gasteiger partial charge >= 0.3 is 0 Å². The molecule has 0 aromatic heterocycles. The van der Waals surface area contributed by atoms with Gasteiger partial charge < -0.3 is 9.84 Å². The number of amides is 2. The number of carbonyl (C=O) groups is 4. The van der Waals surface area contributed by atoms with E-state index in [0.29, 0.717) is 34.5 Å². The quantitative estimate of drug-likeness (QED) is 0.379. The van der Waals surface area contributed by atoms with Gasteiger partial charge in [-0.2, -0.15) is 0 Å². The van der Waals surface area contributed by atoms with Gasteiger partial charge in [-0.3, -0.25) is 24.1 Å². The number of hydrogen-bond acceptors (Lipinski definition) is 6.